The van der Waals surface area contributed by atoms with Crippen molar-refractivity contribution in [2.24, 2.45) is 0 Å². The fourth-order valence-corrected chi connectivity index (χ4v) is 1.93. The zero-order valence-electron chi connectivity index (χ0n) is 11.7. The number of nitrogens with zero attached hydrogens (tertiary/aromatic N) is 2. The number of carbonyl (C=O) groups excluding carboxylic acids is 1. The first kappa shape index (κ1) is 14.1. The lowest BCUT2D eigenvalue weighted by Gasteiger charge is -2.06. The van der Waals surface area contributed by atoms with E-state index in [1.165, 1.54) is 0 Å². The van der Waals surface area contributed by atoms with E-state index in [4.69, 9.17) is 0 Å². The van der Waals surface area contributed by atoms with Gasteiger partial charge in [0.15, 0.2) is 0 Å². The number of carbonyl (C=O) groups is 1. The van der Waals surface area contributed by atoms with E-state index in [-0.39, 0.29) is 5.91 Å². The van der Waals surface area contributed by atoms with Crippen LogP contribution < -0.4 is 10.6 Å². The molecule has 106 valence electrons. The summed E-state index contributed by atoms with van der Waals surface area (Å²) in [5.74, 6) is -0.0183. The summed E-state index contributed by atoms with van der Waals surface area (Å²) in [7, 11) is 1.86. The highest BCUT2D eigenvalue weighted by Crippen LogP contribution is 2.08. The maximum Gasteiger partial charge on any atom is 0.251 e. The molecule has 0 saturated heterocycles. The third-order valence-corrected chi connectivity index (χ3v) is 3.12. The van der Waals surface area contributed by atoms with E-state index in [2.05, 4.69) is 15.6 Å². The summed E-state index contributed by atoms with van der Waals surface area (Å²) in [6, 6.07) is 7.45. The zero-order chi connectivity index (χ0) is 14.2. The summed E-state index contributed by atoms with van der Waals surface area (Å²) in [6.45, 7) is 1.63. The van der Waals surface area contributed by atoms with Crippen molar-refractivity contribution in [2.45, 2.75) is 19.4 Å². The molecule has 0 aliphatic carbocycles. The smallest absolute Gasteiger partial charge is 0.251 e. The van der Waals surface area contributed by atoms with Crippen molar-refractivity contribution in [3.8, 4) is 0 Å². The third-order valence-electron chi connectivity index (χ3n) is 3.12. The van der Waals surface area contributed by atoms with Gasteiger partial charge in [-0.25, -0.2) is 4.98 Å². The first-order chi connectivity index (χ1) is 9.79. The van der Waals surface area contributed by atoms with E-state index in [9.17, 15) is 4.79 Å². The Labute approximate surface area is 119 Å². The zero-order valence-corrected chi connectivity index (χ0v) is 11.7. The number of imidazole rings is 1. The molecule has 1 aromatic heterocycles. The Morgan fingerprint density at radius 1 is 1.25 bits per heavy atom. The lowest BCUT2D eigenvalue weighted by Crippen LogP contribution is -2.24. The summed E-state index contributed by atoms with van der Waals surface area (Å²) in [4.78, 5) is 15.9. The second-order valence-corrected chi connectivity index (χ2v) is 4.59. The largest absolute Gasteiger partial charge is 0.388 e. The Kier molecular flexibility index (Phi) is 5.17. The van der Waals surface area contributed by atoms with Crippen molar-refractivity contribution in [3.63, 3.8) is 0 Å². The lowest BCUT2D eigenvalue weighted by atomic mass is 10.2. The van der Waals surface area contributed by atoms with Crippen LogP contribution in [0.4, 0.5) is 5.69 Å². The Hall–Kier alpha value is -2.30. The van der Waals surface area contributed by atoms with Gasteiger partial charge in [-0.1, -0.05) is 0 Å². The molecule has 1 heterocycles. The molecule has 0 saturated carbocycles. The van der Waals surface area contributed by atoms with Crippen LogP contribution >= 0.6 is 0 Å². The average molecular weight is 272 g/mol. The van der Waals surface area contributed by atoms with Gasteiger partial charge in [0, 0.05) is 43.8 Å². The van der Waals surface area contributed by atoms with Crippen molar-refractivity contribution in [1.29, 1.82) is 0 Å². The van der Waals surface area contributed by atoms with Gasteiger partial charge in [0.05, 0.1) is 6.33 Å². The van der Waals surface area contributed by atoms with Crippen LogP contribution in [-0.2, 0) is 6.54 Å². The third kappa shape index (κ3) is 4.12. The number of anilines is 1. The molecule has 0 aliphatic rings. The fraction of sp³-hybridized carbons (Fsp3) is 0.333. The number of rotatable bonds is 7. The summed E-state index contributed by atoms with van der Waals surface area (Å²) < 4.78 is 2.04. The molecule has 0 radical (unpaired) electrons. The van der Waals surface area contributed by atoms with E-state index in [1.807, 2.05) is 48.4 Å². The van der Waals surface area contributed by atoms with Crippen molar-refractivity contribution in [3.05, 3.63) is 48.5 Å². The topological polar surface area (TPSA) is 59.0 Å². The lowest BCUT2D eigenvalue weighted by molar-refractivity contribution is 0.0953. The number of aromatic nitrogens is 2. The summed E-state index contributed by atoms with van der Waals surface area (Å²) in [6.07, 6.45) is 7.51. The van der Waals surface area contributed by atoms with Crippen molar-refractivity contribution in [2.75, 3.05) is 18.9 Å². The van der Waals surface area contributed by atoms with Gasteiger partial charge in [-0.15, -0.1) is 0 Å². The number of amides is 1. The van der Waals surface area contributed by atoms with E-state index in [0.717, 1.165) is 25.1 Å². The molecule has 0 aliphatic heterocycles. The normalized spacial score (nSPS) is 10.2. The van der Waals surface area contributed by atoms with Crippen LogP contribution in [0.2, 0.25) is 0 Å². The van der Waals surface area contributed by atoms with Gasteiger partial charge in [-0.05, 0) is 37.1 Å². The summed E-state index contributed by atoms with van der Waals surface area (Å²) in [5, 5.41) is 5.96. The van der Waals surface area contributed by atoms with Crippen LogP contribution in [-0.4, -0.2) is 29.1 Å². The predicted octanol–water partition coefficient (Wildman–Crippen LogP) is 2.13. The molecular formula is C15H20N4O. The minimum atomic E-state index is -0.0183. The maximum absolute atomic E-state index is 11.9. The van der Waals surface area contributed by atoms with Gasteiger partial charge >= 0.3 is 0 Å². The van der Waals surface area contributed by atoms with E-state index in [0.29, 0.717) is 12.1 Å². The van der Waals surface area contributed by atoms with Gasteiger partial charge in [-0.2, -0.15) is 0 Å². The monoisotopic (exact) mass is 272 g/mol. The van der Waals surface area contributed by atoms with Crippen LogP contribution in [0.15, 0.2) is 43.0 Å². The highest BCUT2D eigenvalue weighted by Gasteiger charge is 2.03. The quantitative estimate of drug-likeness (QED) is 0.759. The second kappa shape index (κ2) is 7.33. The van der Waals surface area contributed by atoms with Crippen molar-refractivity contribution in [1.82, 2.24) is 14.9 Å². The molecule has 2 rings (SSSR count). The minimum Gasteiger partial charge on any atom is -0.388 e. The molecule has 0 bridgehead atoms. The number of benzene rings is 1. The summed E-state index contributed by atoms with van der Waals surface area (Å²) in [5.41, 5.74) is 1.69. The molecular weight excluding hydrogens is 252 g/mol. The van der Waals surface area contributed by atoms with Crippen LogP contribution in [0.1, 0.15) is 23.2 Å². The van der Waals surface area contributed by atoms with Crippen molar-refractivity contribution >= 4 is 11.6 Å². The Morgan fingerprint density at radius 3 is 2.70 bits per heavy atom. The molecule has 1 aromatic carbocycles. The van der Waals surface area contributed by atoms with Crippen molar-refractivity contribution < 1.29 is 4.79 Å². The molecule has 2 N–H and O–H groups in total. The Bertz CT molecular complexity index is 519. The molecule has 0 fully saturated rings. The number of hydrogen-bond donors (Lipinski definition) is 2. The molecule has 0 atom stereocenters. The number of unbranched alkanes of at least 4 members (excludes halogenated alkanes) is 1. The van der Waals surface area contributed by atoms with E-state index < -0.39 is 0 Å². The number of hydrogen-bond acceptors (Lipinski definition) is 3. The average Bonchev–Trinajstić information content (AvgIpc) is 3.00. The highest BCUT2D eigenvalue weighted by atomic mass is 16.1. The van der Waals surface area contributed by atoms with Gasteiger partial charge in [0.1, 0.15) is 0 Å². The van der Waals surface area contributed by atoms with Gasteiger partial charge in [0.2, 0.25) is 0 Å². The second-order valence-electron chi connectivity index (χ2n) is 4.59. The fourth-order valence-electron chi connectivity index (χ4n) is 1.93. The molecule has 1 amide bonds. The standard InChI is InChI=1S/C15H20N4O/c1-16-14-6-4-13(5-7-14)15(20)18-8-2-3-10-19-11-9-17-12-19/h4-7,9,11-12,16H,2-3,8,10H2,1H3,(H,18,20). The first-order valence-corrected chi connectivity index (χ1v) is 6.81. The first-order valence-electron chi connectivity index (χ1n) is 6.81. The van der Waals surface area contributed by atoms with Crippen LogP contribution in [0.25, 0.3) is 0 Å². The predicted molar refractivity (Wildman–Crippen MR) is 79.8 cm³/mol. The molecule has 5 nitrogen and oxygen atoms in total. The molecule has 0 spiro atoms. The highest BCUT2D eigenvalue weighted by molar-refractivity contribution is 5.94. The SMILES string of the molecule is CNc1ccc(C(=O)NCCCCn2ccnc2)cc1. The number of nitrogens with one attached hydrogen (secondary N) is 2. The van der Waals surface area contributed by atoms with Gasteiger partial charge in [0.25, 0.3) is 5.91 Å². The molecule has 20 heavy (non-hydrogen) atoms. The van der Waals surface area contributed by atoms with Crippen LogP contribution in [0.5, 0.6) is 0 Å². The minimum absolute atomic E-state index is 0.0183. The Balaban J connectivity index is 1.66. The van der Waals surface area contributed by atoms with Crippen LogP contribution in [0, 0.1) is 0 Å². The van der Waals surface area contributed by atoms with E-state index >= 15 is 0 Å². The summed E-state index contributed by atoms with van der Waals surface area (Å²) >= 11 is 0. The van der Waals surface area contributed by atoms with Gasteiger partial charge < -0.3 is 15.2 Å². The van der Waals surface area contributed by atoms with Gasteiger partial charge in [-0.3, -0.25) is 4.79 Å². The molecule has 2 aromatic rings. The maximum atomic E-state index is 11.9. The molecule has 0 unspecified atom stereocenters. The Morgan fingerprint density at radius 2 is 2.05 bits per heavy atom. The van der Waals surface area contributed by atoms with E-state index in [1.54, 1.807) is 6.20 Å². The number of aryl methyl sites for hydroxylation is 1. The van der Waals surface area contributed by atoms with Crippen LogP contribution in [0.3, 0.4) is 0 Å². The molecule has 5 heteroatoms.